The SMILES string of the molecule is CN(C)CCCNCC(N)CC(=O)O. The summed E-state index contributed by atoms with van der Waals surface area (Å²) in [6.07, 6.45) is 1.08. The largest absolute Gasteiger partial charge is 0.481 e. The molecule has 84 valence electrons. The van der Waals surface area contributed by atoms with Gasteiger partial charge in [-0.2, -0.15) is 0 Å². The van der Waals surface area contributed by atoms with Crippen LogP contribution in [-0.2, 0) is 4.79 Å². The number of hydrogen-bond acceptors (Lipinski definition) is 4. The monoisotopic (exact) mass is 203 g/mol. The first-order chi connectivity index (χ1) is 6.52. The van der Waals surface area contributed by atoms with Gasteiger partial charge in [0.15, 0.2) is 0 Å². The molecule has 0 fully saturated rings. The van der Waals surface area contributed by atoms with Crippen LogP contribution in [0.5, 0.6) is 0 Å². The molecule has 0 heterocycles. The van der Waals surface area contributed by atoms with E-state index in [1.165, 1.54) is 0 Å². The van der Waals surface area contributed by atoms with E-state index in [1.54, 1.807) is 0 Å². The third kappa shape index (κ3) is 9.44. The van der Waals surface area contributed by atoms with E-state index in [4.69, 9.17) is 10.8 Å². The minimum absolute atomic E-state index is 0.0285. The zero-order valence-corrected chi connectivity index (χ0v) is 8.99. The summed E-state index contributed by atoms with van der Waals surface area (Å²) in [5.41, 5.74) is 5.56. The molecule has 0 amide bonds. The van der Waals surface area contributed by atoms with Gasteiger partial charge in [0.25, 0.3) is 0 Å². The van der Waals surface area contributed by atoms with E-state index in [9.17, 15) is 4.79 Å². The lowest BCUT2D eigenvalue weighted by molar-refractivity contribution is -0.137. The summed E-state index contributed by atoms with van der Waals surface area (Å²) < 4.78 is 0. The number of nitrogens with two attached hydrogens (primary N) is 1. The Hall–Kier alpha value is -0.650. The molecule has 0 saturated heterocycles. The van der Waals surface area contributed by atoms with Gasteiger partial charge in [0.1, 0.15) is 0 Å². The van der Waals surface area contributed by atoms with Gasteiger partial charge in [-0.3, -0.25) is 4.79 Å². The molecule has 0 rings (SSSR count). The normalized spacial score (nSPS) is 13.1. The van der Waals surface area contributed by atoms with Gasteiger partial charge in [0.05, 0.1) is 6.42 Å². The van der Waals surface area contributed by atoms with Gasteiger partial charge in [-0.25, -0.2) is 0 Å². The molecule has 1 atom stereocenters. The van der Waals surface area contributed by atoms with E-state index in [-0.39, 0.29) is 12.5 Å². The molecule has 0 aromatic carbocycles. The highest BCUT2D eigenvalue weighted by molar-refractivity contribution is 5.67. The first-order valence-corrected chi connectivity index (χ1v) is 4.85. The summed E-state index contributed by atoms with van der Waals surface area (Å²) in [6.45, 7) is 2.48. The van der Waals surface area contributed by atoms with Crippen LogP contribution < -0.4 is 11.1 Å². The van der Waals surface area contributed by atoms with Gasteiger partial charge >= 0.3 is 5.97 Å². The van der Waals surface area contributed by atoms with Gasteiger partial charge in [-0.05, 0) is 33.6 Å². The minimum atomic E-state index is -0.840. The zero-order valence-electron chi connectivity index (χ0n) is 8.99. The maximum Gasteiger partial charge on any atom is 0.304 e. The lowest BCUT2D eigenvalue weighted by atomic mass is 10.2. The summed E-state index contributed by atoms with van der Waals surface area (Å²) in [5, 5.41) is 11.6. The van der Waals surface area contributed by atoms with E-state index in [1.807, 2.05) is 14.1 Å². The predicted molar refractivity (Wildman–Crippen MR) is 56.3 cm³/mol. The molecule has 0 aromatic rings. The van der Waals surface area contributed by atoms with Crippen LogP contribution in [0.1, 0.15) is 12.8 Å². The van der Waals surface area contributed by atoms with Gasteiger partial charge in [0, 0.05) is 12.6 Å². The Bertz CT molecular complexity index is 162. The molecule has 0 radical (unpaired) electrons. The second-order valence-electron chi connectivity index (χ2n) is 3.72. The summed E-state index contributed by atoms with van der Waals surface area (Å²) in [6, 6.07) is -0.285. The summed E-state index contributed by atoms with van der Waals surface area (Å²) in [4.78, 5) is 12.4. The molecule has 4 N–H and O–H groups in total. The maximum absolute atomic E-state index is 10.3. The molecule has 0 aliphatic rings. The van der Waals surface area contributed by atoms with Gasteiger partial charge in [0.2, 0.25) is 0 Å². The standard InChI is InChI=1S/C9H21N3O2/c1-12(2)5-3-4-11-7-8(10)6-9(13)14/h8,11H,3-7,10H2,1-2H3,(H,13,14). The van der Waals surface area contributed by atoms with Gasteiger partial charge in [-0.1, -0.05) is 0 Å². The molecule has 14 heavy (non-hydrogen) atoms. The average Bonchev–Trinajstić information content (AvgIpc) is 2.01. The van der Waals surface area contributed by atoms with Crippen LogP contribution >= 0.6 is 0 Å². The van der Waals surface area contributed by atoms with Crippen molar-refractivity contribution in [2.24, 2.45) is 5.73 Å². The lowest BCUT2D eigenvalue weighted by Crippen LogP contribution is -2.36. The van der Waals surface area contributed by atoms with Crippen LogP contribution in [0.3, 0.4) is 0 Å². The van der Waals surface area contributed by atoms with Gasteiger partial charge in [-0.15, -0.1) is 0 Å². The summed E-state index contributed by atoms with van der Waals surface area (Å²) in [5.74, 6) is -0.840. The highest BCUT2D eigenvalue weighted by Gasteiger charge is 2.06. The topological polar surface area (TPSA) is 78.6 Å². The fraction of sp³-hybridized carbons (Fsp3) is 0.889. The molecular formula is C9H21N3O2. The van der Waals surface area contributed by atoms with Crippen molar-refractivity contribution in [3.05, 3.63) is 0 Å². The molecule has 5 heteroatoms. The molecule has 0 spiro atoms. The van der Waals surface area contributed by atoms with Crippen LogP contribution in [-0.4, -0.2) is 55.7 Å². The Kier molecular flexibility index (Phi) is 7.37. The first-order valence-electron chi connectivity index (χ1n) is 4.85. The number of nitrogens with one attached hydrogen (secondary N) is 1. The zero-order chi connectivity index (χ0) is 11.0. The number of carbonyl (C=O) groups is 1. The van der Waals surface area contributed by atoms with Crippen LogP contribution in [0.4, 0.5) is 0 Å². The molecule has 0 aromatic heterocycles. The van der Waals surface area contributed by atoms with Crippen molar-refractivity contribution in [1.29, 1.82) is 0 Å². The second kappa shape index (κ2) is 7.73. The summed E-state index contributed by atoms with van der Waals surface area (Å²) >= 11 is 0. The van der Waals surface area contributed by atoms with E-state index >= 15 is 0 Å². The number of hydrogen-bond donors (Lipinski definition) is 3. The predicted octanol–water partition coefficient (Wildman–Crippen LogP) is -0.670. The molecule has 0 saturated carbocycles. The van der Waals surface area contributed by atoms with Crippen LogP contribution in [0, 0.1) is 0 Å². The maximum atomic E-state index is 10.3. The summed E-state index contributed by atoms with van der Waals surface area (Å²) in [7, 11) is 4.05. The lowest BCUT2D eigenvalue weighted by Gasteiger charge is -2.12. The van der Waals surface area contributed by atoms with Crippen LogP contribution in [0.25, 0.3) is 0 Å². The highest BCUT2D eigenvalue weighted by atomic mass is 16.4. The molecule has 0 aliphatic heterocycles. The Morgan fingerprint density at radius 1 is 1.57 bits per heavy atom. The molecule has 0 bridgehead atoms. The van der Waals surface area contributed by atoms with Crippen LogP contribution in [0.2, 0.25) is 0 Å². The van der Waals surface area contributed by atoms with E-state index in [0.29, 0.717) is 6.54 Å². The second-order valence-corrected chi connectivity index (χ2v) is 3.72. The smallest absolute Gasteiger partial charge is 0.304 e. The average molecular weight is 203 g/mol. The van der Waals surface area contributed by atoms with Crippen molar-refractivity contribution in [1.82, 2.24) is 10.2 Å². The number of carboxylic acid groups (broad SMARTS) is 1. The van der Waals surface area contributed by atoms with Crippen molar-refractivity contribution < 1.29 is 9.90 Å². The van der Waals surface area contributed by atoms with E-state index in [2.05, 4.69) is 10.2 Å². The molecule has 5 nitrogen and oxygen atoms in total. The Labute approximate surface area is 85.3 Å². The fourth-order valence-corrected chi connectivity index (χ4v) is 1.10. The quantitative estimate of drug-likeness (QED) is 0.456. The van der Waals surface area contributed by atoms with Crippen molar-refractivity contribution in [3.8, 4) is 0 Å². The van der Waals surface area contributed by atoms with Crippen molar-refractivity contribution in [2.75, 3.05) is 33.7 Å². The number of rotatable bonds is 8. The van der Waals surface area contributed by atoms with Crippen molar-refractivity contribution >= 4 is 5.97 Å². The third-order valence-electron chi connectivity index (χ3n) is 1.80. The Morgan fingerprint density at radius 2 is 2.21 bits per heavy atom. The minimum Gasteiger partial charge on any atom is -0.481 e. The number of aliphatic carboxylic acids is 1. The Balaban J connectivity index is 3.23. The highest BCUT2D eigenvalue weighted by Crippen LogP contribution is 1.86. The Morgan fingerprint density at radius 3 is 2.71 bits per heavy atom. The van der Waals surface area contributed by atoms with E-state index < -0.39 is 5.97 Å². The van der Waals surface area contributed by atoms with Gasteiger partial charge < -0.3 is 21.1 Å². The molecular weight excluding hydrogens is 182 g/mol. The number of carboxylic acids is 1. The fourth-order valence-electron chi connectivity index (χ4n) is 1.10. The third-order valence-corrected chi connectivity index (χ3v) is 1.80. The van der Waals surface area contributed by atoms with Crippen molar-refractivity contribution in [2.45, 2.75) is 18.9 Å². The molecule has 0 aliphatic carbocycles. The van der Waals surface area contributed by atoms with E-state index in [0.717, 1.165) is 19.5 Å². The molecule has 1 unspecified atom stereocenters. The van der Waals surface area contributed by atoms with Crippen molar-refractivity contribution in [3.63, 3.8) is 0 Å². The number of nitrogens with zero attached hydrogens (tertiary/aromatic N) is 1. The first kappa shape index (κ1) is 13.4. The van der Waals surface area contributed by atoms with Crippen LogP contribution in [0.15, 0.2) is 0 Å².